The lowest BCUT2D eigenvalue weighted by atomic mass is 10.1. The van der Waals surface area contributed by atoms with Gasteiger partial charge in [-0.05, 0) is 36.2 Å². The number of halogens is 3. The third kappa shape index (κ3) is 2.63. The maximum absolute atomic E-state index is 13.1. The highest BCUT2D eigenvalue weighted by molar-refractivity contribution is 7.10. The second-order valence-electron chi connectivity index (χ2n) is 3.53. The third-order valence-corrected chi connectivity index (χ3v) is 4.19. The standard InChI is InChI=1S/C12H10Cl2FNS/c1-16-11(12-8(13)4-5-17-12)7-2-3-10(15)9(14)6-7/h2-6,11,16H,1H3. The summed E-state index contributed by atoms with van der Waals surface area (Å²) in [6.07, 6.45) is 0. The zero-order valence-corrected chi connectivity index (χ0v) is 11.3. The fraction of sp³-hybridized carbons (Fsp3) is 0.167. The van der Waals surface area contributed by atoms with Crippen molar-refractivity contribution in [3.05, 3.63) is 55.9 Å². The first-order valence-electron chi connectivity index (χ1n) is 4.98. The lowest BCUT2D eigenvalue weighted by Gasteiger charge is -2.16. The summed E-state index contributed by atoms with van der Waals surface area (Å²) in [4.78, 5) is 0.997. The van der Waals surface area contributed by atoms with E-state index in [1.54, 1.807) is 23.5 Å². The van der Waals surface area contributed by atoms with E-state index in [2.05, 4.69) is 5.32 Å². The van der Waals surface area contributed by atoms with Crippen LogP contribution in [0.3, 0.4) is 0 Å². The number of benzene rings is 1. The van der Waals surface area contributed by atoms with Crippen molar-refractivity contribution >= 4 is 34.5 Å². The van der Waals surface area contributed by atoms with Crippen LogP contribution in [0, 0.1) is 5.82 Å². The van der Waals surface area contributed by atoms with Gasteiger partial charge in [-0.2, -0.15) is 0 Å². The molecule has 1 heterocycles. The molecule has 0 radical (unpaired) electrons. The lowest BCUT2D eigenvalue weighted by molar-refractivity contribution is 0.624. The van der Waals surface area contributed by atoms with Crippen molar-refractivity contribution in [3.8, 4) is 0 Å². The van der Waals surface area contributed by atoms with Crippen molar-refractivity contribution in [2.24, 2.45) is 0 Å². The average molecular weight is 290 g/mol. The number of hydrogen-bond acceptors (Lipinski definition) is 2. The molecule has 2 aromatic rings. The van der Waals surface area contributed by atoms with E-state index in [0.29, 0.717) is 5.02 Å². The van der Waals surface area contributed by atoms with Crippen LogP contribution in [0.25, 0.3) is 0 Å². The maximum Gasteiger partial charge on any atom is 0.141 e. The third-order valence-electron chi connectivity index (χ3n) is 2.47. The van der Waals surface area contributed by atoms with Crippen LogP contribution in [0.15, 0.2) is 29.6 Å². The minimum Gasteiger partial charge on any atom is -0.309 e. The topological polar surface area (TPSA) is 12.0 Å². The van der Waals surface area contributed by atoms with Gasteiger partial charge in [0.15, 0.2) is 0 Å². The fourth-order valence-electron chi connectivity index (χ4n) is 1.65. The Balaban J connectivity index is 2.42. The Labute approximate surface area is 113 Å². The molecule has 5 heteroatoms. The van der Waals surface area contributed by atoms with Crippen molar-refractivity contribution in [2.45, 2.75) is 6.04 Å². The summed E-state index contributed by atoms with van der Waals surface area (Å²) in [5.41, 5.74) is 0.892. The Hall–Kier alpha value is -0.610. The first-order valence-corrected chi connectivity index (χ1v) is 6.62. The second kappa shape index (κ2) is 5.36. The van der Waals surface area contributed by atoms with Gasteiger partial charge in [0.1, 0.15) is 5.82 Å². The summed E-state index contributed by atoms with van der Waals surface area (Å²) in [7, 11) is 1.83. The predicted molar refractivity (Wildman–Crippen MR) is 71.6 cm³/mol. The fourth-order valence-corrected chi connectivity index (χ4v) is 3.14. The van der Waals surface area contributed by atoms with Crippen LogP contribution in [0.4, 0.5) is 4.39 Å². The molecule has 1 unspecified atom stereocenters. The minimum absolute atomic E-state index is 0.0689. The SMILES string of the molecule is CNC(c1ccc(F)c(Cl)c1)c1sccc1Cl. The summed E-state index contributed by atoms with van der Waals surface area (Å²) < 4.78 is 13.1. The average Bonchev–Trinajstić information content (AvgIpc) is 2.71. The van der Waals surface area contributed by atoms with Gasteiger partial charge in [0.2, 0.25) is 0 Å². The molecule has 0 bridgehead atoms. The minimum atomic E-state index is -0.414. The summed E-state index contributed by atoms with van der Waals surface area (Å²) in [6, 6.07) is 6.47. The zero-order chi connectivity index (χ0) is 12.4. The van der Waals surface area contributed by atoms with Gasteiger partial charge in [0.05, 0.1) is 16.1 Å². The molecule has 0 saturated heterocycles. The van der Waals surface area contributed by atoms with Crippen molar-refractivity contribution < 1.29 is 4.39 Å². The van der Waals surface area contributed by atoms with E-state index < -0.39 is 5.82 Å². The predicted octanol–water partition coefficient (Wildman–Crippen LogP) is 4.50. The van der Waals surface area contributed by atoms with Crippen LogP contribution in [-0.4, -0.2) is 7.05 Å². The monoisotopic (exact) mass is 289 g/mol. The molecule has 0 saturated carbocycles. The van der Waals surface area contributed by atoms with Crippen LogP contribution in [0.2, 0.25) is 10.0 Å². The normalized spacial score (nSPS) is 12.7. The highest BCUT2D eigenvalue weighted by Crippen LogP contribution is 2.33. The molecule has 1 atom stereocenters. The molecule has 0 aliphatic rings. The van der Waals surface area contributed by atoms with E-state index >= 15 is 0 Å². The summed E-state index contributed by atoms with van der Waals surface area (Å²) in [5.74, 6) is -0.414. The highest BCUT2D eigenvalue weighted by Gasteiger charge is 2.17. The Kier molecular flexibility index (Phi) is 4.05. The Morgan fingerprint density at radius 1 is 1.24 bits per heavy atom. The van der Waals surface area contributed by atoms with E-state index in [-0.39, 0.29) is 11.1 Å². The number of thiophene rings is 1. The second-order valence-corrected chi connectivity index (χ2v) is 5.29. The highest BCUT2D eigenvalue weighted by atomic mass is 35.5. The van der Waals surface area contributed by atoms with Crippen molar-refractivity contribution in [1.82, 2.24) is 5.32 Å². The number of nitrogens with one attached hydrogen (secondary N) is 1. The molecule has 17 heavy (non-hydrogen) atoms. The van der Waals surface area contributed by atoms with Gasteiger partial charge >= 0.3 is 0 Å². The van der Waals surface area contributed by atoms with Gasteiger partial charge in [-0.15, -0.1) is 11.3 Å². The van der Waals surface area contributed by atoms with Gasteiger partial charge in [-0.3, -0.25) is 0 Å². The van der Waals surface area contributed by atoms with Crippen LogP contribution < -0.4 is 5.32 Å². The first kappa shape index (κ1) is 12.8. The Morgan fingerprint density at radius 3 is 2.53 bits per heavy atom. The molecule has 1 nitrogen and oxygen atoms in total. The van der Waals surface area contributed by atoms with Crippen molar-refractivity contribution in [3.63, 3.8) is 0 Å². The molecule has 90 valence electrons. The maximum atomic E-state index is 13.1. The smallest absolute Gasteiger partial charge is 0.141 e. The van der Waals surface area contributed by atoms with Gasteiger partial charge in [-0.1, -0.05) is 29.3 Å². The van der Waals surface area contributed by atoms with E-state index in [9.17, 15) is 4.39 Å². The molecular weight excluding hydrogens is 280 g/mol. The van der Waals surface area contributed by atoms with Crippen LogP contribution in [0.1, 0.15) is 16.5 Å². The molecule has 0 aliphatic heterocycles. The van der Waals surface area contributed by atoms with Gasteiger partial charge in [-0.25, -0.2) is 4.39 Å². The number of hydrogen-bond donors (Lipinski definition) is 1. The summed E-state index contributed by atoms with van der Waals surface area (Å²) >= 11 is 13.4. The van der Waals surface area contributed by atoms with E-state index in [1.807, 2.05) is 18.5 Å². The lowest BCUT2D eigenvalue weighted by Crippen LogP contribution is -2.16. The Bertz CT molecular complexity index is 527. The van der Waals surface area contributed by atoms with Crippen molar-refractivity contribution in [1.29, 1.82) is 0 Å². The molecule has 0 amide bonds. The van der Waals surface area contributed by atoms with Gasteiger partial charge < -0.3 is 5.32 Å². The van der Waals surface area contributed by atoms with Gasteiger partial charge in [0, 0.05) is 4.88 Å². The van der Waals surface area contributed by atoms with E-state index in [1.165, 1.54) is 6.07 Å². The molecule has 2 rings (SSSR count). The zero-order valence-electron chi connectivity index (χ0n) is 9.01. The van der Waals surface area contributed by atoms with Crippen LogP contribution in [0.5, 0.6) is 0 Å². The number of rotatable bonds is 3. The molecule has 1 N–H and O–H groups in total. The molecule has 0 fully saturated rings. The molecule has 0 spiro atoms. The van der Waals surface area contributed by atoms with Gasteiger partial charge in [0.25, 0.3) is 0 Å². The Morgan fingerprint density at radius 2 is 2.00 bits per heavy atom. The molecule has 1 aromatic carbocycles. The van der Waals surface area contributed by atoms with E-state index in [4.69, 9.17) is 23.2 Å². The molecule has 0 aliphatic carbocycles. The van der Waals surface area contributed by atoms with Crippen molar-refractivity contribution in [2.75, 3.05) is 7.05 Å². The van der Waals surface area contributed by atoms with Crippen LogP contribution in [-0.2, 0) is 0 Å². The quantitative estimate of drug-likeness (QED) is 0.877. The first-order chi connectivity index (χ1) is 8.13. The summed E-state index contributed by atoms with van der Waals surface area (Å²) in [6.45, 7) is 0. The summed E-state index contributed by atoms with van der Waals surface area (Å²) in [5, 5.41) is 5.90. The molecular formula is C12H10Cl2FNS. The van der Waals surface area contributed by atoms with E-state index in [0.717, 1.165) is 10.4 Å². The largest absolute Gasteiger partial charge is 0.309 e. The van der Waals surface area contributed by atoms with Crippen LogP contribution >= 0.6 is 34.5 Å². The molecule has 1 aromatic heterocycles.